The molecule has 0 aliphatic rings. The highest BCUT2D eigenvalue weighted by Gasteiger charge is 2.13. The van der Waals surface area contributed by atoms with Crippen LogP contribution in [0.15, 0.2) is 48.5 Å². The lowest BCUT2D eigenvalue weighted by Gasteiger charge is -2.13. The Morgan fingerprint density at radius 2 is 1.80 bits per heavy atom. The van der Waals surface area contributed by atoms with Crippen LogP contribution in [0.2, 0.25) is 0 Å². The van der Waals surface area contributed by atoms with Crippen molar-refractivity contribution in [1.82, 2.24) is 0 Å². The van der Waals surface area contributed by atoms with Gasteiger partial charge in [0, 0.05) is 0 Å². The van der Waals surface area contributed by atoms with Gasteiger partial charge in [-0.3, -0.25) is 0 Å². The van der Waals surface area contributed by atoms with E-state index in [1.165, 1.54) is 19.3 Å². The molecule has 1 atom stereocenters. The summed E-state index contributed by atoms with van der Waals surface area (Å²) in [5, 5.41) is 9.52. The van der Waals surface area contributed by atoms with Crippen molar-refractivity contribution in [2.75, 3.05) is 6.61 Å². The molecule has 0 aliphatic heterocycles. The number of hydrogen-bond donors (Lipinski definition) is 1. The first-order valence-corrected chi connectivity index (χ1v) is 9.17. The lowest BCUT2D eigenvalue weighted by molar-refractivity contribution is 0.0697. The van der Waals surface area contributed by atoms with Crippen LogP contribution in [0.3, 0.4) is 0 Å². The highest BCUT2D eigenvalue weighted by atomic mass is 16.5. The smallest absolute Gasteiger partial charge is 0.336 e. The molecule has 134 valence electrons. The van der Waals surface area contributed by atoms with E-state index in [2.05, 4.69) is 13.8 Å². The van der Waals surface area contributed by atoms with Crippen LogP contribution < -0.4 is 4.74 Å². The summed E-state index contributed by atoms with van der Waals surface area (Å²) in [5.74, 6) is 0.411. The van der Waals surface area contributed by atoms with Gasteiger partial charge in [-0.25, -0.2) is 4.79 Å². The minimum absolute atomic E-state index is 0.278. The third-order valence-corrected chi connectivity index (χ3v) is 4.47. The first-order valence-electron chi connectivity index (χ1n) is 9.17. The van der Waals surface area contributed by atoms with Gasteiger partial charge in [0.25, 0.3) is 0 Å². The second kappa shape index (κ2) is 9.87. The predicted octanol–water partition coefficient (Wildman–Crippen LogP) is 6.04. The number of carboxylic acid groups (broad SMARTS) is 1. The Labute approximate surface area is 150 Å². The van der Waals surface area contributed by atoms with E-state index in [-0.39, 0.29) is 5.56 Å². The van der Waals surface area contributed by atoms with Gasteiger partial charge >= 0.3 is 5.97 Å². The molecular formula is C22H28O3. The van der Waals surface area contributed by atoms with E-state index in [9.17, 15) is 9.90 Å². The number of aromatic carboxylic acids is 1. The average Bonchev–Trinajstić information content (AvgIpc) is 2.64. The first-order chi connectivity index (χ1) is 12.1. The Hall–Kier alpha value is -2.29. The Balaban J connectivity index is 1.96. The molecule has 0 amide bonds. The zero-order chi connectivity index (χ0) is 18.1. The molecule has 0 spiro atoms. The van der Waals surface area contributed by atoms with Crippen molar-refractivity contribution < 1.29 is 14.6 Å². The van der Waals surface area contributed by atoms with Crippen molar-refractivity contribution in [3.8, 4) is 16.9 Å². The number of rotatable bonds is 10. The molecule has 2 rings (SSSR count). The third kappa shape index (κ3) is 5.93. The standard InChI is InChI=1S/C22H28O3/c1-3-4-9-17(2)10-8-15-25-19-13-14-20(21(16-19)22(23)24)18-11-6-5-7-12-18/h5-7,11-14,16-17H,3-4,8-10,15H2,1-2H3,(H,23,24). The van der Waals surface area contributed by atoms with Crippen LogP contribution in [0.1, 0.15) is 56.3 Å². The Bertz CT molecular complexity index is 664. The van der Waals surface area contributed by atoms with E-state index in [1.54, 1.807) is 6.07 Å². The second-order valence-electron chi connectivity index (χ2n) is 6.62. The van der Waals surface area contributed by atoms with Gasteiger partial charge in [0.15, 0.2) is 0 Å². The topological polar surface area (TPSA) is 46.5 Å². The summed E-state index contributed by atoms with van der Waals surface area (Å²) >= 11 is 0. The molecule has 0 heterocycles. The quantitative estimate of drug-likeness (QED) is 0.537. The van der Waals surface area contributed by atoms with E-state index < -0.39 is 5.97 Å². The number of unbranched alkanes of at least 4 members (excludes halogenated alkanes) is 1. The van der Waals surface area contributed by atoms with Crippen LogP contribution in [-0.4, -0.2) is 17.7 Å². The molecule has 0 radical (unpaired) electrons. The van der Waals surface area contributed by atoms with Crippen LogP contribution in [0.5, 0.6) is 5.75 Å². The van der Waals surface area contributed by atoms with Crippen molar-refractivity contribution >= 4 is 5.97 Å². The molecule has 1 unspecified atom stereocenters. The molecule has 2 aromatic rings. The molecule has 1 N–H and O–H groups in total. The zero-order valence-corrected chi connectivity index (χ0v) is 15.2. The summed E-state index contributed by atoms with van der Waals surface area (Å²) in [6, 6.07) is 14.9. The van der Waals surface area contributed by atoms with Gasteiger partial charge in [0.1, 0.15) is 5.75 Å². The number of ether oxygens (including phenoxy) is 1. The van der Waals surface area contributed by atoms with Crippen molar-refractivity contribution in [1.29, 1.82) is 0 Å². The SMILES string of the molecule is CCCCC(C)CCCOc1ccc(-c2ccccc2)c(C(=O)O)c1. The van der Waals surface area contributed by atoms with Crippen molar-refractivity contribution in [2.24, 2.45) is 5.92 Å². The Kier molecular flexibility index (Phi) is 7.52. The summed E-state index contributed by atoms with van der Waals surface area (Å²) in [4.78, 5) is 11.6. The van der Waals surface area contributed by atoms with Crippen LogP contribution in [0, 0.1) is 5.92 Å². The largest absolute Gasteiger partial charge is 0.494 e. The van der Waals surface area contributed by atoms with Gasteiger partial charge in [0.05, 0.1) is 12.2 Å². The minimum Gasteiger partial charge on any atom is -0.494 e. The Morgan fingerprint density at radius 3 is 2.48 bits per heavy atom. The number of carboxylic acids is 1. The van der Waals surface area contributed by atoms with Gasteiger partial charge in [-0.2, -0.15) is 0 Å². The molecule has 0 fully saturated rings. The van der Waals surface area contributed by atoms with Crippen LogP contribution >= 0.6 is 0 Å². The molecule has 0 aromatic heterocycles. The van der Waals surface area contributed by atoms with Gasteiger partial charge in [-0.15, -0.1) is 0 Å². The van der Waals surface area contributed by atoms with Crippen molar-refractivity contribution in [3.05, 3.63) is 54.1 Å². The fraction of sp³-hybridized carbons (Fsp3) is 0.409. The number of benzene rings is 2. The predicted molar refractivity (Wildman–Crippen MR) is 102 cm³/mol. The maximum Gasteiger partial charge on any atom is 0.336 e. The molecule has 0 bridgehead atoms. The van der Waals surface area contributed by atoms with Gasteiger partial charge in [-0.05, 0) is 48.1 Å². The molecule has 3 heteroatoms. The normalized spacial score (nSPS) is 11.9. The van der Waals surface area contributed by atoms with Gasteiger partial charge in [0.2, 0.25) is 0 Å². The van der Waals surface area contributed by atoms with Crippen molar-refractivity contribution in [2.45, 2.75) is 46.0 Å². The summed E-state index contributed by atoms with van der Waals surface area (Å²) in [7, 11) is 0. The second-order valence-corrected chi connectivity index (χ2v) is 6.62. The molecule has 25 heavy (non-hydrogen) atoms. The maximum absolute atomic E-state index is 11.6. The maximum atomic E-state index is 11.6. The molecule has 2 aromatic carbocycles. The van der Waals surface area contributed by atoms with Gasteiger partial charge < -0.3 is 9.84 Å². The first kappa shape index (κ1) is 19.0. The van der Waals surface area contributed by atoms with Crippen molar-refractivity contribution in [3.63, 3.8) is 0 Å². The zero-order valence-electron chi connectivity index (χ0n) is 15.2. The monoisotopic (exact) mass is 340 g/mol. The molecule has 0 aliphatic carbocycles. The highest BCUT2D eigenvalue weighted by molar-refractivity contribution is 5.96. The minimum atomic E-state index is -0.933. The molecular weight excluding hydrogens is 312 g/mol. The third-order valence-electron chi connectivity index (χ3n) is 4.47. The summed E-state index contributed by atoms with van der Waals surface area (Å²) < 4.78 is 5.78. The van der Waals surface area contributed by atoms with E-state index >= 15 is 0 Å². The summed E-state index contributed by atoms with van der Waals surface area (Å²) in [5.41, 5.74) is 1.89. The number of hydrogen-bond acceptors (Lipinski definition) is 2. The van der Waals surface area contributed by atoms with Crippen LogP contribution in [-0.2, 0) is 0 Å². The van der Waals surface area contributed by atoms with E-state index in [0.29, 0.717) is 17.9 Å². The van der Waals surface area contributed by atoms with Crippen LogP contribution in [0.4, 0.5) is 0 Å². The van der Waals surface area contributed by atoms with E-state index in [0.717, 1.165) is 24.3 Å². The molecule has 0 saturated carbocycles. The summed E-state index contributed by atoms with van der Waals surface area (Å²) in [6.45, 7) is 5.13. The molecule has 0 saturated heterocycles. The highest BCUT2D eigenvalue weighted by Crippen LogP contribution is 2.27. The van der Waals surface area contributed by atoms with Crippen LogP contribution in [0.25, 0.3) is 11.1 Å². The van der Waals surface area contributed by atoms with E-state index in [4.69, 9.17) is 4.74 Å². The average molecular weight is 340 g/mol. The fourth-order valence-electron chi connectivity index (χ4n) is 2.98. The summed E-state index contributed by atoms with van der Waals surface area (Å²) in [6.07, 6.45) is 5.94. The Morgan fingerprint density at radius 1 is 1.08 bits per heavy atom. The fourth-order valence-corrected chi connectivity index (χ4v) is 2.98. The van der Waals surface area contributed by atoms with Gasteiger partial charge in [-0.1, -0.05) is 63.4 Å². The number of carbonyl (C=O) groups is 1. The lowest BCUT2D eigenvalue weighted by atomic mass is 9.99. The molecule has 3 nitrogen and oxygen atoms in total. The lowest BCUT2D eigenvalue weighted by Crippen LogP contribution is -2.04. The van der Waals surface area contributed by atoms with E-state index in [1.807, 2.05) is 42.5 Å².